The fraction of sp³-hybridized carbons (Fsp3) is 1.00. The number of rotatable bonds is 4. The highest BCUT2D eigenvalue weighted by molar-refractivity contribution is 6.76. The minimum absolute atomic E-state index is 0.243. The van der Waals surface area contributed by atoms with Gasteiger partial charge in [-0.25, -0.2) is 0 Å². The van der Waals surface area contributed by atoms with Gasteiger partial charge in [0.25, 0.3) is 0 Å². The summed E-state index contributed by atoms with van der Waals surface area (Å²) in [5.41, 5.74) is 1.61. The molecule has 4 rings (SSSR count). The fourth-order valence-electron chi connectivity index (χ4n) is 9.59. The summed E-state index contributed by atoms with van der Waals surface area (Å²) in [6.07, 6.45) is 13.2. The molecule has 1 heterocycles. The van der Waals surface area contributed by atoms with Crippen LogP contribution in [0.1, 0.15) is 92.4 Å². The first-order chi connectivity index (χ1) is 13.4. The molecule has 7 unspecified atom stereocenters. The highest BCUT2D eigenvalue weighted by atomic mass is 28.3. The second-order valence-corrected chi connectivity index (χ2v) is 18.2. The van der Waals surface area contributed by atoms with Crippen molar-refractivity contribution in [2.24, 2.45) is 29.1 Å². The van der Waals surface area contributed by atoms with Crippen LogP contribution in [-0.2, 0) is 0 Å². The summed E-state index contributed by atoms with van der Waals surface area (Å²) in [7, 11) is 0.939. The van der Waals surface area contributed by atoms with Crippen LogP contribution in [0.15, 0.2) is 0 Å². The van der Waals surface area contributed by atoms with Crippen molar-refractivity contribution in [2.45, 2.75) is 129 Å². The Morgan fingerprint density at radius 3 is 2.00 bits per heavy atom. The molecular weight excluding hydrogens is 368 g/mol. The van der Waals surface area contributed by atoms with Crippen LogP contribution in [0, 0.1) is 29.1 Å². The Morgan fingerprint density at radius 2 is 1.38 bits per heavy atom. The van der Waals surface area contributed by atoms with E-state index in [0.717, 1.165) is 41.3 Å². The van der Waals surface area contributed by atoms with E-state index in [4.69, 9.17) is 0 Å². The monoisotopic (exact) mass is 418 g/mol. The predicted octanol–water partition coefficient (Wildman–Crippen LogP) is 6.68. The van der Waals surface area contributed by atoms with Gasteiger partial charge in [-0.3, -0.25) is 4.90 Å². The Morgan fingerprint density at radius 1 is 0.828 bits per heavy atom. The van der Waals surface area contributed by atoms with E-state index in [1.54, 1.807) is 0 Å². The molecule has 0 spiro atoms. The van der Waals surface area contributed by atoms with Gasteiger partial charge in [-0.2, -0.15) is 0 Å². The SMILES string of the molecule is CN1C2CCCCC2C2C1C1CCCCC1C2[Si](C)(C)NC(C)(C)CC(C)(C)C. The standard InChI is InChI=1S/C26H50N2Si/c1-25(2,3)17-26(4,5)27-29(7,8)24-19-14-10-9-13-18(19)23-22(24)20-15-11-12-16-21(20)28(23)6/h18-24,27H,9-17H2,1-8H3. The van der Waals surface area contributed by atoms with Gasteiger partial charge in [0.05, 0.1) is 0 Å². The van der Waals surface area contributed by atoms with Gasteiger partial charge in [0.1, 0.15) is 8.24 Å². The lowest BCUT2D eigenvalue weighted by atomic mass is 9.77. The van der Waals surface area contributed by atoms with E-state index in [1.807, 2.05) is 0 Å². The van der Waals surface area contributed by atoms with E-state index < -0.39 is 8.24 Å². The number of nitrogens with zero attached hydrogens (tertiary/aromatic N) is 1. The number of hydrogen-bond donors (Lipinski definition) is 1. The molecule has 3 aliphatic carbocycles. The van der Waals surface area contributed by atoms with Crippen molar-refractivity contribution < 1.29 is 0 Å². The second-order valence-electron chi connectivity index (χ2n) is 13.9. The van der Waals surface area contributed by atoms with Crippen LogP contribution in [0.5, 0.6) is 0 Å². The molecule has 2 nitrogen and oxygen atoms in total. The van der Waals surface area contributed by atoms with Gasteiger partial charge in [-0.05, 0) is 81.2 Å². The van der Waals surface area contributed by atoms with Crippen molar-refractivity contribution in [2.75, 3.05) is 7.05 Å². The van der Waals surface area contributed by atoms with E-state index in [-0.39, 0.29) is 5.54 Å². The van der Waals surface area contributed by atoms with Crippen molar-refractivity contribution in [3.63, 3.8) is 0 Å². The van der Waals surface area contributed by atoms with Crippen LogP contribution < -0.4 is 4.98 Å². The Balaban J connectivity index is 1.65. The molecule has 3 heteroatoms. The zero-order valence-corrected chi connectivity index (χ0v) is 21.9. The summed E-state index contributed by atoms with van der Waals surface area (Å²) >= 11 is 0. The molecule has 0 aromatic heterocycles. The lowest BCUT2D eigenvalue weighted by molar-refractivity contribution is 0.119. The Kier molecular flexibility index (Phi) is 5.87. The number of likely N-dealkylation sites (tertiary alicyclic amines) is 1. The molecule has 1 saturated heterocycles. The van der Waals surface area contributed by atoms with E-state index in [9.17, 15) is 0 Å². The maximum Gasteiger partial charge on any atom is 0.123 e. The maximum absolute atomic E-state index is 4.41. The topological polar surface area (TPSA) is 15.3 Å². The molecule has 0 aromatic carbocycles. The van der Waals surface area contributed by atoms with Crippen LogP contribution in [0.25, 0.3) is 0 Å². The largest absolute Gasteiger partial charge is 0.332 e. The third-order valence-corrected chi connectivity index (χ3v) is 13.1. The molecule has 7 atom stereocenters. The Bertz CT molecular complexity index is 590. The van der Waals surface area contributed by atoms with Crippen LogP contribution >= 0.6 is 0 Å². The van der Waals surface area contributed by atoms with Crippen molar-refractivity contribution in [3.8, 4) is 0 Å². The Labute approximate surface area is 183 Å². The molecule has 4 fully saturated rings. The molecule has 1 N–H and O–H groups in total. The summed E-state index contributed by atoms with van der Waals surface area (Å²) in [5.74, 6) is 3.98. The first-order valence-corrected chi connectivity index (χ1v) is 16.0. The van der Waals surface area contributed by atoms with Crippen LogP contribution in [0.4, 0.5) is 0 Å². The minimum atomic E-state index is -1.58. The molecule has 3 saturated carbocycles. The fourth-order valence-corrected chi connectivity index (χ4v) is 14.5. The van der Waals surface area contributed by atoms with E-state index in [2.05, 4.69) is 64.6 Å². The molecule has 0 radical (unpaired) electrons. The molecule has 0 bridgehead atoms. The minimum Gasteiger partial charge on any atom is -0.332 e. The first kappa shape index (κ1) is 22.3. The van der Waals surface area contributed by atoms with Crippen LogP contribution in [0.2, 0.25) is 18.6 Å². The van der Waals surface area contributed by atoms with Crippen LogP contribution in [0.3, 0.4) is 0 Å². The van der Waals surface area contributed by atoms with Crippen LogP contribution in [-0.4, -0.2) is 37.8 Å². The first-order valence-electron chi connectivity index (χ1n) is 12.9. The average Bonchev–Trinajstić information content (AvgIpc) is 3.06. The number of fused-ring (bicyclic) bond motifs is 5. The number of nitrogens with one attached hydrogen (secondary N) is 1. The van der Waals surface area contributed by atoms with Gasteiger partial charge in [0.15, 0.2) is 0 Å². The number of hydrogen-bond acceptors (Lipinski definition) is 2. The third kappa shape index (κ3) is 4.14. The van der Waals surface area contributed by atoms with Gasteiger partial charge in [-0.15, -0.1) is 0 Å². The molecule has 4 aliphatic rings. The second kappa shape index (κ2) is 7.62. The quantitative estimate of drug-likeness (QED) is 0.512. The summed E-state index contributed by atoms with van der Waals surface area (Å²) in [4.78, 5) is 7.34. The smallest absolute Gasteiger partial charge is 0.123 e. The lowest BCUT2D eigenvalue weighted by Crippen LogP contribution is -2.61. The summed E-state index contributed by atoms with van der Waals surface area (Å²) in [5, 5.41) is 0. The van der Waals surface area contributed by atoms with Gasteiger partial charge in [0, 0.05) is 17.6 Å². The molecule has 0 aromatic rings. The van der Waals surface area contributed by atoms with Gasteiger partial charge >= 0.3 is 0 Å². The van der Waals surface area contributed by atoms with Gasteiger partial charge in [0.2, 0.25) is 0 Å². The Hall–Kier alpha value is 0.137. The highest BCUT2D eigenvalue weighted by Gasteiger charge is 2.64. The molecular formula is C26H50N2Si. The van der Waals surface area contributed by atoms with E-state index in [0.29, 0.717) is 5.41 Å². The van der Waals surface area contributed by atoms with Gasteiger partial charge in [-0.1, -0.05) is 66.0 Å². The molecule has 168 valence electrons. The molecule has 1 aliphatic heterocycles. The van der Waals surface area contributed by atoms with E-state index in [1.165, 1.54) is 57.8 Å². The predicted molar refractivity (Wildman–Crippen MR) is 129 cm³/mol. The molecule has 29 heavy (non-hydrogen) atoms. The average molecular weight is 419 g/mol. The normalized spacial score (nSPS) is 41.2. The maximum atomic E-state index is 4.41. The van der Waals surface area contributed by atoms with Crippen molar-refractivity contribution in [3.05, 3.63) is 0 Å². The summed E-state index contributed by atoms with van der Waals surface area (Å²) in [6.45, 7) is 17.6. The highest BCUT2D eigenvalue weighted by Crippen LogP contribution is 2.64. The summed E-state index contributed by atoms with van der Waals surface area (Å²) in [6, 6.07) is 1.80. The third-order valence-electron chi connectivity index (χ3n) is 9.32. The molecule has 0 amide bonds. The lowest BCUT2D eigenvalue weighted by Gasteiger charge is -2.48. The van der Waals surface area contributed by atoms with Gasteiger partial charge < -0.3 is 4.98 Å². The van der Waals surface area contributed by atoms with Crippen molar-refractivity contribution in [1.82, 2.24) is 9.88 Å². The van der Waals surface area contributed by atoms with Crippen molar-refractivity contribution >= 4 is 8.24 Å². The summed E-state index contributed by atoms with van der Waals surface area (Å²) < 4.78 is 0. The van der Waals surface area contributed by atoms with Crippen molar-refractivity contribution in [1.29, 1.82) is 0 Å². The zero-order chi connectivity index (χ0) is 21.2. The van der Waals surface area contributed by atoms with E-state index >= 15 is 0 Å². The zero-order valence-electron chi connectivity index (χ0n) is 20.9.